The lowest BCUT2D eigenvalue weighted by Gasteiger charge is -2.18. The van der Waals surface area contributed by atoms with Gasteiger partial charge in [0.25, 0.3) is 5.91 Å². The molecule has 3 aromatic rings. The van der Waals surface area contributed by atoms with E-state index >= 15 is 0 Å². The van der Waals surface area contributed by atoms with Gasteiger partial charge in [0.15, 0.2) is 0 Å². The molecule has 0 aliphatic heterocycles. The fraction of sp³-hybridized carbons (Fsp3) is 0.190. The second-order valence-corrected chi connectivity index (χ2v) is 6.53. The van der Waals surface area contributed by atoms with E-state index in [0.29, 0.717) is 10.9 Å². The average Bonchev–Trinajstić information content (AvgIpc) is 3.50. The number of carbonyl (C=O) groups is 2. The number of benzene rings is 2. The molecule has 0 spiro atoms. The minimum atomic E-state index is -1.15. The Hall–Kier alpha value is -3.28. The predicted molar refractivity (Wildman–Crippen MR) is 97.5 cm³/mol. The average molecular weight is 364 g/mol. The summed E-state index contributed by atoms with van der Waals surface area (Å²) in [5.74, 6) is -1.49. The van der Waals surface area contributed by atoms with Crippen molar-refractivity contribution < 1.29 is 18.7 Å². The first kappa shape index (κ1) is 17.1. The summed E-state index contributed by atoms with van der Waals surface area (Å²) in [4.78, 5) is 29.5. The number of ether oxygens (including phenoxy) is 1. The van der Waals surface area contributed by atoms with Crippen LogP contribution in [0.1, 0.15) is 34.9 Å². The molecule has 6 heteroatoms. The van der Waals surface area contributed by atoms with Crippen molar-refractivity contribution in [1.29, 1.82) is 0 Å². The molecule has 0 bridgehead atoms. The lowest BCUT2D eigenvalue weighted by molar-refractivity contribution is -0.130. The van der Waals surface area contributed by atoms with E-state index in [-0.39, 0.29) is 11.6 Å². The molecule has 0 radical (unpaired) electrons. The van der Waals surface area contributed by atoms with Crippen LogP contribution in [-0.4, -0.2) is 22.9 Å². The third-order valence-electron chi connectivity index (χ3n) is 4.45. The standard InChI is InChI=1S/C21H17FN2O3/c22-15-7-5-13(6-8-15)19(20(25)24-16-9-10-16)27-21(26)18-12-23-11-14-3-1-2-4-17(14)18/h1-8,11-12,16,19H,9-10H2,(H,24,25)/t19-/m0/s1. The van der Waals surface area contributed by atoms with E-state index < -0.39 is 23.8 Å². The van der Waals surface area contributed by atoms with Crippen molar-refractivity contribution in [2.75, 3.05) is 0 Å². The molecule has 0 saturated heterocycles. The summed E-state index contributed by atoms with van der Waals surface area (Å²) in [7, 11) is 0. The molecule has 1 aliphatic carbocycles. The number of nitrogens with zero attached hydrogens (tertiary/aromatic N) is 1. The monoisotopic (exact) mass is 364 g/mol. The summed E-state index contributed by atoms with van der Waals surface area (Å²) >= 11 is 0. The zero-order valence-electron chi connectivity index (χ0n) is 14.4. The Bertz CT molecular complexity index is 994. The smallest absolute Gasteiger partial charge is 0.341 e. The van der Waals surface area contributed by atoms with Crippen LogP contribution in [0.15, 0.2) is 60.9 Å². The number of pyridine rings is 1. The molecule has 0 unspecified atom stereocenters. The highest BCUT2D eigenvalue weighted by Crippen LogP contribution is 2.26. The van der Waals surface area contributed by atoms with Gasteiger partial charge in [-0.1, -0.05) is 36.4 Å². The molecule has 1 aliphatic rings. The molecule has 1 atom stereocenters. The molecule has 5 nitrogen and oxygen atoms in total. The van der Waals surface area contributed by atoms with E-state index in [0.717, 1.165) is 18.2 Å². The summed E-state index contributed by atoms with van der Waals surface area (Å²) in [5.41, 5.74) is 0.690. The normalized spacial score (nSPS) is 14.6. The SMILES string of the molecule is O=C(O[C@H](C(=O)NC1CC1)c1ccc(F)cc1)c1cncc2ccccc12. The van der Waals surface area contributed by atoms with Gasteiger partial charge >= 0.3 is 5.97 Å². The minimum Gasteiger partial charge on any atom is -0.444 e. The van der Waals surface area contributed by atoms with Crippen molar-refractivity contribution in [2.24, 2.45) is 0 Å². The van der Waals surface area contributed by atoms with Crippen LogP contribution in [0.2, 0.25) is 0 Å². The maximum absolute atomic E-state index is 13.3. The van der Waals surface area contributed by atoms with Crippen LogP contribution >= 0.6 is 0 Å². The Morgan fingerprint density at radius 3 is 2.56 bits per heavy atom. The van der Waals surface area contributed by atoms with Crippen LogP contribution in [-0.2, 0) is 9.53 Å². The fourth-order valence-corrected chi connectivity index (χ4v) is 2.86. The molecule has 1 aromatic heterocycles. The van der Waals surface area contributed by atoms with Crippen LogP contribution in [0.25, 0.3) is 10.8 Å². The number of esters is 1. The van der Waals surface area contributed by atoms with Gasteiger partial charge in [0.2, 0.25) is 6.10 Å². The van der Waals surface area contributed by atoms with Crippen LogP contribution in [0.5, 0.6) is 0 Å². The Labute approximate surface area is 155 Å². The Morgan fingerprint density at radius 1 is 1.07 bits per heavy atom. The van der Waals surface area contributed by atoms with Gasteiger partial charge in [-0.2, -0.15) is 0 Å². The molecule has 1 N–H and O–H groups in total. The van der Waals surface area contributed by atoms with Gasteiger partial charge in [-0.3, -0.25) is 9.78 Å². The van der Waals surface area contributed by atoms with E-state index in [1.54, 1.807) is 12.3 Å². The first-order valence-electron chi connectivity index (χ1n) is 8.71. The molecule has 2 aromatic carbocycles. The number of carbonyl (C=O) groups excluding carboxylic acids is 2. The van der Waals surface area contributed by atoms with Crippen LogP contribution in [0, 0.1) is 5.82 Å². The summed E-state index contributed by atoms with van der Waals surface area (Å²) in [6, 6.07) is 12.8. The number of halogens is 1. The van der Waals surface area contributed by atoms with Gasteiger partial charge < -0.3 is 10.1 Å². The molecule has 1 heterocycles. The van der Waals surface area contributed by atoms with Crippen LogP contribution in [0.3, 0.4) is 0 Å². The van der Waals surface area contributed by atoms with Crippen molar-refractivity contribution in [3.8, 4) is 0 Å². The second kappa shape index (κ2) is 7.15. The molecule has 1 amide bonds. The van der Waals surface area contributed by atoms with Gasteiger partial charge in [-0.25, -0.2) is 9.18 Å². The Balaban J connectivity index is 1.64. The highest BCUT2D eigenvalue weighted by atomic mass is 19.1. The van der Waals surface area contributed by atoms with E-state index in [1.165, 1.54) is 30.5 Å². The van der Waals surface area contributed by atoms with Gasteiger partial charge in [0.1, 0.15) is 5.82 Å². The van der Waals surface area contributed by atoms with E-state index in [2.05, 4.69) is 10.3 Å². The van der Waals surface area contributed by atoms with E-state index in [9.17, 15) is 14.0 Å². The summed E-state index contributed by atoms with van der Waals surface area (Å²) < 4.78 is 18.8. The van der Waals surface area contributed by atoms with Gasteiger partial charge in [-0.15, -0.1) is 0 Å². The lowest BCUT2D eigenvalue weighted by Crippen LogP contribution is -2.33. The zero-order valence-corrected chi connectivity index (χ0v) is 14.4. The first-order valence-corrected chi connectivity index (χ1v) is 8.71. The molecular weight excluding hydrogens is 347 g/mol. The molecule has 1 fully saturated rings. The Kier molecular flexibility index (Phi) is 4.54. The molecular formula is C21H17FN2O3. The summed E-state index contributed by atoms with van der Waals surface area (Å²) in [6.45, 7) is 0. The third kappa shape index (κ3) is 3.79. The first-order chi connectivity index (χ1) is 13.1. The molecule has 4 rings (SSSR count). The van der Waals surface area contributed by atoms with Crippen LogP contribution in [0.4, 0.5) is 4.39 Å². The van der Waals surface area contributed by atoms with E-state index in [4.69, 9.17) is 4.74 Å². The zero-order chi connectivity index (χ0) is 18.8. The minimum absolute atomic E-state index is 0.110. The highest BCUT2D eigenvalue weighted by molar-refractivity contribution is 6.04. The highest BCUT2D eigenvalue weighted by Gasteiger charge is 2.31. The Morgan fingerprint density at radius 2 is 1.81 bits per heavy atom. The molecule has 1 saturated carbocycles. The van der Waals surface area contributed by atoms with Crippen molar-refractivity contribution in [3.63, 3.8) is 0 Å². The summed E-state index contributed by atoms with van der Waals surface area (Å²) in [5, 5.41) is 4.33. The number of amides is 1. The maximum atomic E-state index is 13.3. The number of fused-ring (bicyclic) bond motifs is 1. The molecule has 136 valence electrons. The fourth-order valence-electron chi connectivity index (χ4n) is 2.86. The van der Waals surface area contributed by atoms with Gasteiger partial charge in [-0.05, 0) is 30.4 Å². The van der Waals surface area contributed by atoms with Crippen molar-refractivity contribution >= 4 is 22.6 Å². The largest absolute Gasteiger partial charge is 0.444 e. The predicted octanol–water partition coefficient (Wildman–Crippen LogP) is 3.55. The number of nitrogens with one attached hydrogen (secondary N) is 1. The van der Waals surface area contributed by atoms with E-state index in [1.807, 2.05) is 18.2 Å². The number of hydrogen-bond acceptors (Lipinski definition) is 4. The number of hydrogen-bond donors (Lipinski definition) is 1. The molecule has 27 heavy (non-hydrogen) atoms. The number of rotatable bonds is 5. The summed E-state index contributed by atoms with van der Waals surface area (Å²) in [6.07, 6.45) is 3.73. The van der Waals surface area contributed by atoms with Crippen molar-refractivity contribution in [1.82, 2.24) is 10.3 Å². The number of aromatic nitrogens is 1. The van der Waals surface area contributed by atoms with Gasteiger partial charge in [0, 0.05) is 29.4 Å². The topological polar surface area (TPSA) is 68.3 Å². The van der Waals surface area contributed by atoms with Gasteiger partial charge in [0.05, 0.1) is 5.56 Å². The lowest BCUT2D eigenvalue weighted by atomic mass is 10.1. The maximum Gasteiger partial charge on any atom is 0.341 e. The second-order valence-electron chi connectivity index (χ2n) is 6.53. The van der Waals surface area contributed by atoms with Crippen molar-refractivity contribution in [2.45, 2.75) is 25.0 Å². The van der Waals surface area contributed by atoms with Crippen molar-refractivity contribution in [3.05, 3.63) is 77.9 Å². The van der Waals surface area contributed by atoms with Crippen LogP contribution < -0.4 is 5.32 Å². The quantitative estimate of drug-likeness (QED) is 0.703. The third-order valence-corrected chi connectivity index (χ3v) is 4.45.